The fourth-order valence-electron chi connectivity index (χ4n) is 2.35. The first-order chi connectivity index (χ1) is 9.45. The standard InChI is InChI=1S/C14H18BrN3O2/c1-9(19)18-4-2-13(3-5-18)17-14(20)10-6-11(15)8-12(16)7-10/h6-8,13H,2-5,16H2,1H3,(H,17,20). The van der Waals surface area contributed by atoms with Crippen molar-refractivity contribution in [1.29, 1.82) is 0 Å². The van der Waals surface area contributed by atoms with Crippen LogP contribution >= 0.6 is 15.9 Å². The van der Waals surface area contributed by atoms with Crippen molar-refractivity contribution in [3.05, 3.63) is 28.2 Å². The minimum absolute atomic E-state index is 0.0922. The van der Waals surface area contributed by atoms with Crippen LogP contribution in [0, 0.1) is 0 Å². The van der Waals surface area contributed by atoms with Crippen molar-refractivity contribution in [2.75, 3.05) is 18.8 Å². The van der Waals surface area contributed by atoms with Gasteiger partial charge in [0.2, 0.25) is 5.91 Å². The Morgan fingerprint density at radius 3 is 2.50 bits per heavy atom. The van der Waals surface area contributed by atoms with Crippen molar-refractivity contribution in [2.45, 2.75) is 25.8 Å². The van der Waals surface area contributed by atoms with Gasteiger partial charge < -0.3 is 16.0 Å². The van der Waals surface area contributed by atoms with Crippen LogP contribution in [0.25, 0.3) is 0 Å². The highest BCUT2D eigenvalue weighted by molar-refractivity contribution is 9.10. The molecule has 1 fully saturated rings. The van der Waals surface area contributed by atoms with Crippen LogP contribution < -0.4 is 11.1 Å². The molecule has 1 heterocycles. The van der Waals surface area contributed by atoms with E-state index in [0.29, 0.717) is 24.3 Å². The number of nitrogens with zero attached hydrogens (tertiary/aromatic N) is 1. The Balaban J connectivity index is 1.94. The van der Waals surface area contributed by atoms with Crippen LogP contribution in [0.4, 0.5) is 5.69 Å². The van der Waals surface area contributed by atoms with E-state index in [1.165, 1.54) is 0 Å². The van der Waals surface area contributed by atoms with Crippen LogP contribution in [0.5, 0.6) is 0 Å². The summed E-state index contributed by atoms with van der Waals surface area (Å²) in [5.41, 5.74) is 6.83. The molecule has 6 heteroatoms. The maximum absolute atomic E-state index is 12.2. The summed E-state index contributed by atoms with van der Waals surface area (Å²) in [4.78, 5) is 25.2. The van der Waals surface area contributed by atoms with Crippen molar-refractivity contribution >= 4 is 33.4 Å². The third-order valence-corrected chi connectivity index (χ3v) is 3.92. The lowest BCUT2D eigenvalue weighted by molar-refractivity contribution is -0.129. The SMILES string of the molecule is CC(=O)N1CCC(NC(=O)c2cc(N)cc(Br)c2)CC1. The number of carbonyl (C=O) groups is 2. The molecule has 0 spiro atoms. The van der Waals surface area contributed by atoms with Gasteiger partial charge in [-0.15, -0.1) is 0 Å². The second-order valence-electron chi connectivity index (χ2n) is 5.03. The van der Waals surface area contributed by atoms with Gasteiger partial charge in [-0.25, -0.2) is 0 Å². The van der Waals surface area contributed by atoms with Crippen LogP contribution in [0.1, 0.15) is 30.1 Å². The van der Waals surface area contributed by atoms with Crippen molar-refractivity contribution in [3.63, 3.8) is 0 Å². The second kappa shape index (κ2) is 6.26. The Bertz CT molecular complexity index is 505. The van der Waals surface area contributed by atoms with Gasteiger partial charge in [0.25, 0.3) is 5.91 Å². The summed E-state index contributed by atoms with van der Waals surface area (Å²) in [7, 11) is 0. The minimum atomic E-state index is -0.126. The van der Waals surface area contributed by atoms with E-state index < -0.39 is 0 Å². The number of carbonyl (C=O) groups excluding carboxylic acids is 2. The van der Waals surface area contributed by atoms with Crippen molar-refractivity contribution in [2.24, 2.45) is 0 Å². The van der Waals surface area contributed by atoms with Gasteiger partial charge >= 0.3 is 0 Å². The highest BCUT2D eigenvalue weighted by Crippen LogP contribution is 2.18. The number of hydrogen-bond donors (Lipinski definition) is 2. The van der Waals surface area contributed by atoms with Gasteiger partial charge in [0.15, 0.2) is 0 Å². The molecule has 20 heavy (non-hydrogen) atoms. The number of benzene rings is 1. The highest BCUT2D eigenvalue weighted by atomic mass is 79.9. The molecule has 0 radical (unpaired) electrons. The Morgan fingerprint density at radius 1 is 1.30 bits per heavy atom. The number of amides is 2. The first-order valence-electron chi connectivity index (χ1n) is 6.58. The Labute approximate surface area is 126 Å². The van der Waals surface area contributed by atoms with Crippen LogP contribution in [0.2, 0.25) is 0 Å². The molecule has 2 rings (SSSR count). The van der Waals surface area contributed by atoms with Gasteiger partial charge in [0, 0.05) is 41.8 Å². The zero-order chi connectivity index (χ0) is 14.7. The topological polar surface area (TPSA) is 75.4 Å². The minimum Gasteiger partial charge on any atom is -0.399 e. The molecule has 3 N–H and O–H groups in total. The number of halogens is 1. The molecule has 0 atom stereocenters. The molecule has 0 saturated carbocycles. The second-order valence-corrected chi connectivity index (χ2v) is 5.94. The predicted octanol–water partition coefficient (Wildman–Crippen LogP) is 1.77. The summed E-state index contributed by atoms with van der Waals surface area (Å²) in [6, 6.07) is 5.27. The number of likely N-dealkylation sites (tertiary alicyclic amines) is 1. The Morgan fingerprint density at radius 2 is 1.95 bits per heavy atom. The van der Waals surface area contributed by atoms with Gasteiger partial charge in [-0.05, 0) is 31.0 Å². The predicted molar refractivity (Wildman–Crippen MR) is 81.3 cm³/mol. The summed E-state index contributed by atoms with van der Waals surface area (Å²) in [5.74, 6) is -0.0335. The molecular weight excluding hydrogens is 322 g/mol. The summed E-state index contributed by atoms with van der Waals surface area (Å²) in [5, 5.41) is 3.00. The maximum atomic E-state index is 12.2. The van der Waals surface area contributed by atoms with Crippen molar-refractivity contribution < 1.29 is 9.59 Å². The lowest BCUT2D eigenvalue weighted by Gasteiger charge is -2.31. The number of piperidine rings is 1. The van der Waals surface area contributed by atoms with Gasteiger partial charge in [-0.1, -0.05) is 15.9 Å². The van der Waals surface area contributed by atoms with Gasteiger partial charge in [-0.3, -0.25) is 9.59 Å². The highest BCUT2D eigenvalue weighted by Gasteiger charge is 2.22. The lowest BCUT2D eigenvalue weighted by atomic mass is 10.0. The number of nitrogen functional groups attached to an aromatic ring is 1. The molecule has 1 saturated heterocycles. The molecule has 1 aromatic carbocycles. The van der Waals surface area contributed by atoms with Crippen LogP contribution in [-0.4, -0.2) is 35.8 Å². The molecule has 0 aliphatic carbocycles. The quantitative estimate of drug-likeness (QED) is 0.806. The van der Waals surface area contributed by atoms with E-state index in [1.54, 1.807) is 30.0 Å². The average molecular weight is 340 g/mol. The smallest absolute Gasteiger partial charge is 0.251 e. The molecule has 108 valence electrons. The van der Waals surface area contributed by atoms with E-state index in [1.807, 2.05) is 0 Å². The molecule has 0 aromatic heterocycles. The summed E-state index contributed by atoms with van der Waals surface area (Å²) in [6.45, 7) is 2.96. The summed E-state index contributed by atoms with van der Waals surface area (Å²) in [6.07, 6.45) is 1.57. The largest absolute Gasteiger partial charge is 0.399 e. The first kappa shape index (κ1) is 14.8. The fourth-order valence-corrected chi connectivity index (χ4v) is 2.86. The van der Waals surface area contributed by atoms with E-state index in [0.717, 1.165) is 17.3 Å². The van der Waals surface area contributed by atoms with Gasteiger partial charge in [-0.2, -0.15) is 0 Å². The van der Waals surface area contributed by atoms with Crippen LogP contribution in [0.3, 0.4) is 0 Å². The Hall–Kier alpha value is -1.56. The number of nitrogens with two attached hydrogens (primary N) is 1. The molecule has 1 aliphatic heterocycles. The third-order valence-electron chi connectivity index (χ3n) is 3.46. The van der Waals surface area contributed by atoms with E-state index in [9.17, 15) is 9.59 Å². The molecule has 1 aliphatic rings. The number of hydrogen-bond acceptors (Lipinski definition) is 3. The first-order valence-corrected chi connectivity index (χ1v) is 7.37. The van der Waals surface area contributed by atoms with Crippen molar-refractivity contribution in [3.8, 4) is 0 Å². The normalized spacial score (nSPS) is 16.0. The molecule has 1 aromatic rings. The zero-order valence-corrected chi connectivity index (χ0v) is 12.9. The molecule has 2 amide bonds. The van der Waals surface area contributed by atoms with Gasteiger partial charge in [0.1, 0.15) is 0 Å². The monoisotopic (exact) mass is 339 g/mol. The maximum Gasteiger partial charge on any atom is 0.251 e. The summed E-state index contributed by atoms with van der Waals surface area (Å²) < 4.78 is 0.786. The Kier molecular flexibility index (Phi) is 4.65. The van der Waals surface area contributed by atoms with E-state index >= 15 is 0 Å². The van der Waals surface area contributed by atoms with E-state index in [-0.39, 0.29) is 17.9 Å². The van der Waals surface area contributed by atoms with Gasteiger partial charge in [0.05, 0.1) is 0 Å². The van der Waals surface area contributed by atoms with E-state index in [4.69, 9.17) is 5.73 Å². The lowest BCUT2D eigenvalue weighted by Crippen LogP contribution is -2.46. The molecule has 0 bridgehead atoms. The summed E-state index contributed by atoms with van der Waals surface area (Å²) >= 11 is 3.33. The zero-order valence-electron chi connectivity index (χ0n) is 11.4. The van der Waals surface area contributed by atoms with E-state index in [2.05, 4.69) is 21.2 Å². The van der Waals surface area contributed by atoms with Crippen LogP contribution in [-0.2, 0) is 4.79 Å². The van der Waals surface area contributed by atoms with Crippen LogP contribution in [0.15, 0.2) is 22.7 Å². The number of nitrogens with one attached hydrogen (secondary N) is 1. The average Bonchev–Trinajstić information content (AvgIpc) is 2.38. The fraction of sp³-hybridized carbons (Fsp3) is 0.429. The molecule has 0 unspecified atom stereocenters. The molecular formula is C14H18BrN3O2. The van der Waals surface area contributed by atoms with Crippen molar-refractivity contribution in [1.82, 2.24) is 10.2 Å². The third kappa shape index (κ3) is 3.72. The number of anilines is 1. The molecule has 5 nitrogen and oxygen atoms in total. The number of rotatable bonds is 2.